The van der Waals surface area contributed by atoms with Crippen LogP contribution < -0.4 is 0 Å². The maximum Gasteiger partial charge on any atom is 0.258 e. The van der Waals surface area contributed by atoms with Gasteiger partial charge in [-0.25, -0.2) is 0 Å². The molecule has 1 aromatic heterocycles. The van der Waals surface area contributed by atoms with Gasteiger partial charge in [-0.15, -0.1) is 0 Å². The molecule has 1 heterocycles. The molecule has 1 aromatic carbocycles. The first-order valence-electron chi connectivity index (χ1n) is 8.69. The van der Waals surface area contributed by atoms with Gasteiger partial charge < -0.3 is 14.2 Å². The first-order chi connectivity index (χ1) is 11.1. The molecule has 0 bridgehead atoms. The lowest BCUT2D eigenvalue weighted by molar-refractivity contribution is 0.0772. The van der Waals surface area contributed by atoms with E-state index in [1.807, 2.05) is 26.0 Å². The molecular weight excluding hydrogens is 316 g/mol. The van der Waals surface area contributed by atoms with Crippen molar-refractivity contribution < 1.29 is 9.90 Å². The van der Waals surface area contributed by atoms with Crippen LogP contribution in [0.3, 0.4) is 0 Å². The van der Waals surface area contributed by atoms with E-state index < -0.39 is 8.24 Å². The van der Waals surface area contributed by atoms with Crippen LogP contribution in [0.15, 0.2) is 24.4 Å². The van der Waals surface area contributed by atoms with Gasteiger partial charge in [0.2, 0.25) is 0 Å². The molecule has 1 amide bonds. The molecule has 0 saturated heterocycles. The van der Waals surface area contributed by atoms with Gasteiger partial charge in [-0.1, -0.05) is 33.9 Å². The molecule has 0 aliphatic rings. The molecule has 5 heteroatoms. The lowest BCUT2D eigenvalue weighted by Gasteiger charge is -2.38. The van der Waals surface area contributed by atoms with E-state index in [2.05, 4.69) is 44.3 Å². The lowest BCUT2D eigenvalue weighted by atomic mass is 10.1. The summed E-state index contributed by atoms with van der Waals surface area (Å²) >= 11 is 0. The average molecular weight is 347 g/mol. The summed E-state index contributed by atoms with van der Waals surface area (Å²) in [6.07, 6.45) is 2.08. The zero-order chi connectivity index (χ0) is 18.3. The van der Waals surface area contributed by atoms with E-state index in [1.54, 1.807) is 11.0 Å². The van der Waals surface area contributed by atoms with Gasteiger partial charge in [-0.05, 0) is 43.3 Å². The molecule has 2 rings (SSSR count). The van der Waals surface area contributed by atoms with Gasteiger partial charge in [0, 0.05) is 24.0 Å². The number of nitrogens with zero attached hydrogens (tertiary/aromatic N) is 2. The van der Waals surface area contributed by atoms with Gasteiger partial charge in [-0.2, -0.15) is 0 Å². The summed E-state index contributed by atoms with van der Waals surface area (Å²) in [6, 6.07) is 5.57. The molecule has 0 aliphatic heterocycles. The summed E-state index contributed by atoms with van der Waals surface area (Å²) in [6.45, 7) is 16.7. The number of phenolic OH excluding ortho intramolecular Hbond substituents is 1. The summed E-state index contributed by atoms with van der Waals surface area (Å²) < 4.78 is 2.35. The first kappa shape index (κ1) is 18.6. The van der Waals surface area contributed by atoms with E-state index in [-0.39, 0.29) is 16.7 Å². The molecule has 4 nitrogen and oxygen atoms in total. The van der Waals surface area contributed by atoms with Crippen molar-refractivity contribution in [1.82, 2.24) is 9.13 Å². The number of amides is 1. The summed E-state index contributed by atoms with van der Waals surface area (Å²) in [5.74, 6) is -0.0385. The van der Waals surface area contributed by atoms with E-state index in [9.17, 15) is 9.90 Å². The van der Waals surface area contributed by atoms with Crippen molar-refractivity contribution in [2.45, 2.75) is 52.8 Å². The van der Waals surface area contributed by atoms with E-state index in [1.165, 1.54) is 0 Å². The maximum absolute atomic E-state index is 12.9. The monoisotopic (exact) mass is 346 g/mol. The number of phenols is 1. The fraction of sp³-hybridized carbons (Fsp3) is 0.526. The van der Waals surface area contributed by atoms with Gasteiger partial charge in [0.25, 0.3) is 5.91 Å². The average Bonchev–Trinajstić information content (AvgIpc) is 2.91. The van der Waals surface area contributed by atoms with Crippen LogP contribution in [-0.4, -0.2) is 41.5 Å². The molecule has 0 fully saturated rings. The number of hydrogen-bond acceptors (Lipinski definition) is 2. The number of rotatable bonds is 4. The fourth-order valence-electron chi connectivity index (χ4n) is 2.95. The highest BCUT2D eigenvalue weighted by atomic mass is 28.3. The van der Waals surface area contributed by atoms with Crippen LogP contribution in [0.25, 0.3) is 10.9 Å². The zero-order valence-electron chi connectivity index (χ0n) is 16.0. The molecule has 1 N–H and O–H groups in total. The van der Waals surface area contributed by atoms with Gasteiger partial charge in [-0.3, -0.25) is 4.79 Å². The zero-order valence-corrected chi connectivity index (χ0v) is 17.0. The topological polar surface area (TPSA) is 45.5 Å². The fourth-order valence-corrected chi connectivity index (χ4v) is 4.91. The van der Waals surface area contributed by atoms with Crippen molar-refractivity contribution in [1.29, 1.82) is 0 Å². The minimum atomic E-state index is -1.80. The van der Waals surface area contributed by atoms with Gasteiger partial charge in [0.15, 0.2) is 8.24 Å². The molecule has 2 aromatic rings. The Kier molecular flexibility index (Phi) is 4.86. The molecule has 0 radical (unpaired) electrons. The summed E-state index contributed by atoms with van der Waals surface area (Å²) in [5.41, 5.74) is 1.46. The second-order valence-electron chi connectivity index (χ2n) is 7.86. The first-order valence-corrected chi connectivity index (χ1v) is 11.6. The third-order valence-corrected chi connectivity index (χ3v) is 10.8. The SMILES string of the molecule is CCN(CC)C(=O)c1c(O)ccc2c1ccn2[Si](C)(C)C(C)(C)C. The highest BCUT2D eigenvalue weighted by Gasteiger charge is 2.38. The number of hydrogen-bond donors (Lipinski definition) is 1. The maximum atomic E-state index is 12.9. The Hall–Kier alpha value is -1.75. The van der Waals surface area contributed by atoms with Gasteiger partial charge in [0.1, 0.15) is 5.75 Å². The van der Waals surface area contributed by atoms with Gasteiger partial charge >= 0.3 is 0 Å². The van der Waals surface area contributed by atoms with Crippen LogP contribution >= 0.6 is 0 Å². The van der Waals surface area contributed by atoms with Crippen molar-refractivity contribution in [3.8, 4) is 5.75 Å². The van der Waals surface area contributed by atoms with Crippen molar-refractivity contribution >= 4 is 25.0 Å². The number of carbonyl (C=O) groups is 1. The van der Waals surface area contributed by atoms with Crippen molar-refractivity contribution in [3.63, 3.8) is 0 Å². The standard InChI is InChI=1S/C19H30N2O2Si/c1-8-20(9-2)18(23)17-14-12-13-21(15(14)10-11-16(17)22)24(6,7)19(3,4)5/h10-13,22H,8-9H2,1-7H3. The molecule has 24 heavy (non-hydrogen) atoms. The van der Waals surface area contributed by atoms with Crippen molar-refractivity contribution in [3.05, 3.63) is 30.0 Å². The van der Waals surface area contributed by atoms with Crippen LogP contribution in [0.5, 0.6) is 5.75 Å². The number of aromatic hydroxyl groups is 1. The molecule has 0 saturated carbocycles. The van der Waals surface area contributed by atoms with E-state index in [0.29, 0.717) is 18.7 Å². The Labute approximate surface area is 146 Å². The van der Waals surface area contributed by atoms with Crippen LogP contribution in [-0.2, 0) is 0 Å². The molecule has 0 spiro atoms. The van der Waals surface area contributed by atoms with E-state index >= 15 is 0 Å². The molecule has 0 atom stereocenters. The number of fused-ring (bicyclic) bond motifs is 1. The number of carbonyl (C=O) groups excluding carboxylic acids is 1. The van der Waals surface area contributed by atoms with Crippen LogP contribution in [0.1, 0.15) is 45.0 Å². The van der Waals surface area contributed by atoms with Crippen molar-refractivity contribution in [2.75, 3.05) is 13.1 Å². The lowest BCUT2D eigenvalue weighted by Crippen LogP contribution is -2.44. The third-order valence-electron chi connectivity index (χ3n) is 5.55. The predicted octanol–water partition coefficient (Wildman–Crippen LogP) is 4.68. The third kappa shape index (κ3) is 2.86. The highest BCUT2D eigenvalue weighted by Crippen LogP contribution is 2.40. The normalized spacial score (nSPS) is 12.6. The molecular formula is C19H30N2O2Si. The summed E-state index contributed by atoms with van der Waals surface area (Å²) in [5, 5.41) is 11.4. The Bertz CT molecular complexity index is 753. The van der Waals surface area contributed by atoms with Crippen LogP contribution in [0, 0.1) is 0 Å². The quantitative estimate of drug-likeness (QED) is 0.817. The second kappa shape index (κ2) is 6.28. The second-order valence-corrected chi connectivity index (χ2v) is 13.0. The minimum absolute atomic E-state index is 0.0624. The largest absolute Gasteiger partial charge is 0.507 e. The van der Waals surface area contributed by atoms with Crippen molar-refractivity contribution in [2.24, 2.45) is 0 Å². The Morgan fingerprint density at radius 1 is 1.17 bits per heavy atom. The van der Waals surface area contributed by atoms with Crippen LogP contribution in [0.4, 0.5) is 0 Å². The molecule has 132 valence electrons. The predicted molar refractivity (Wildman–Crippen MR) is 103 cm³/mol. The number of aromatic nitrogens is 1. The van der Waals surface area contributed by atoms with Crippen LogP contribution in [0.2, 0.25) is 18.1 Å². The Balaban J connectivity index is 2.69. The highest BCUT2D eigenvalue weighted by molar-refractivity contribution is 6.79. The Morgan fingerprint density at radius 2 is 1.75 bits per heavy atom. The number of benzene rings is 1. The Morgan fingerprint density at radius 3 is 2.25 bits per heavy atom. The summed E-state index contributed by atoms with van der Waals surface area (Å²) in [7, 11) is -1.80. The summed E-state index contributed by atoms with van der Waals surface area (Å²) in [4.78, 5) is 14.6. The van der Waals surface area contributed by atoms with Gasteiger partial charge in [0.05, 0.1) is 5.56 Å². The molecule has 0 aliphatic carbocycles. The smallest absolute Gasteiger partial charge is 0.258 e. The molecule has 0 unspecified atom stereocenters. The van der Waals surface area contributed by atoms with E-state index in [4.69, 9.17) is 0 Å². The van der Waals surface area contributed by atoms with E-state index in [0.717, 1.165) is 10.9 Å². The minimum Gasteiger partial charge on any atom is -0.507 e.